The van der Waals surface area contributed by atoms with Crippen LogP contribution in [0.1, 0.15) is 12.0 Å². The molecule has 0 saturated heterocycles. The van der Waals surface area contributed by atoms with E-state index in [1.54, 1.807) is 31.3 Å². The Morgan fingerprint density at radius 1 is 1.50 bits per heavy atom. The van der Waals surface area contributed by atoms with E-state index < -0.39 is 6.04 Å². The molecule has 18 heavy (non-hydrogen) atoms. The van der Waals surface area contributed by atoms with Crippen molar-refractivity contribution < 1.29 is 9.90 Å². The maximum atomic E-state index is 11.9. The summed E-state index contributed by atoms with van der Waals surface area (Å²) in [6.07, 6.45) is 0.712. The molecule has 1 aromatic rings. The van der Waals surface area contributed by atoms with Gasteiger partial charge in [-0.2, -0.15) is 5.26 Å². The van der Waals surface area contributed by atoms with Crippen LogP contribution in [0, 0.1) is 11.3 Å². The highest BCUT2D eigenvalue weighted by molar-refractivity contribution is 5.81. The molecule has 0 bridgehead atoms. The standard InChI is InChI=1S/C13H17N3O2/c1-16(8-2-7-14)13(18)12(15)9-10-3-5-11(17)6-4-10/h3-6,12,17H,2,8-9,15H2,1H3/t12-/m0/s1. The van der Waals surface area contributed by atoms with Crippen molar-refractivity contribution in [2.75, 3.05) is 13.6 Å². The summed E-state index contributed by atoms with van der Waals surface area (Å²) in [5.74, 6) is 0.00288. The highest BCUT2D eigenvalue weighted by Gasteiger charge is 2.17. The van der Waals surface area contributed by atoms with Crippen LogP contribution in [0.4, 0.5) is 0 Å². The summed E-state index contributed by atoms with van der Waals surface area (Å²) in [7, 11) is 1.64. The number of aromatic hydroxyl groups is 1. The van der Waals surface area contributed by atoms with Gasteiger partial charge in [-0.1, -0.05) is 12.1 Å². The summed E-state index contributed by atoms with van der Waals surface area (Å²) >= 11 is 0. The number of nitrogens with zero attached hydrogens (tertiary/aromatic N) is 2. The molecule has 5 nitrogen and oxygen atoms in total. The number of hydrogen-bond donors (Lipinski definition) is 2. The molecule has 3 N–H and O–H groups in total. The predicted octanol–water partition coefficient (Wildman–Crippen LogP) is 0.634. The van der Waals surface area contributed by atoms with Gasteiger partial charge in [0, 0.05) is 13.6 Å². The number of carbonyl (C=O) groups excluding carboxylic acids is 1. The summed E-state index contributed by atoms with van der Waals surface area (Å²) in [6, 6.07) is 7.95. The fraction of sp³-hybridized carbons (Fsp3) is 0.385. The number of benzene rings is 1. The Morgan fingerprint density at radius 3 is 2.67 bits per heavy atom. The van der Waals surface area contributed by atoms with Gasteiger partial charge in [-0.25, -0.2) is 0 Å². The Morgan fingerprint density at radius 2 is 2.11 bits per heavy atom. The van der Waals surface area contributed by atoms with Gasteiger partial charge in [0.2, 0.25) is 5.91 Å². The Kier molecular flexibility index (Phi) is 5.15. The van der Waals surface area contributed by atoms with Gasteiger partial charge in [0.15, 0.2) is 0 Å². The van der Waals surface area contributed by atoms with Gasteiger partial charge in [-0.3, -0.25) is 4.79 Å². The van der Waals surface area contributed by atoms with E-state index in [-0.39, 0.29) is 11.7 Å². The second-order valence-corrected chi connectivity index (χ2v) is 4.14. The van der Waals surface area contributed by atoms with Gasteiger partial charge in [0.25, 0.3) is 0 Å². The van der Waals surface area contributed by atoms with E-state index in [0.717, 1.165) is 5.56 Å². The van der Waals surface area contributed by atoms with Crippen molar-refractivity contribution in [2.45, 2.75) is 18.9 Å². The van der Waals surface area contributed by atoms with Gasteiger partial charge < -0.3 is 15.7 Å². The van der Waals surface area contributed by atoms with E-state index in [1.807, 2.05) is 6.07 Å². The molecular weight excluding hydrogens is 230 g/mol. The lowest BCUT2D eigenvalue weighted by atomic mass is 10.1. The zero-order chi connectivity index (χ0) is 13.5. The minimum absolute atomic E-state index is 0.182. The number of nitrogens with two attached hydrogens (primary N) is 1. The number of rotatable bonds is 5. The number of hydrogen-bond acceptors (Lipinski definition) is 4. The molecule has 0 aliphatic carbocycles. The molecule has 1 rings (SSSR count). The molecule has 96 valence electrons. The third-order valence-electron chi connectivity index (χ3n) is 2.64. The number of nitriles is 1. The summed E-state index contributed by atoms with van der Waals surface area (Å²) < 4.78 is 0. The van der Waals surface area contributed by atoms with Gasteiger partial charge in [-0.05, 0) is 24.1 Å². The van der Waals surface area contributed by atoms with Crippen LogP contribution in [0.3, 0.4) is 0 Å². The van der Waals surface area contributed by atoms with Crippen molar-refractivity contribution >= 4 is 5.91 Å². The average molecular weight is 247 g/mol. The monoisotopic (exact) mass is 247 g/mol. The topological polar surface area (TPSA) is 90.4 Å². The molecule has 0 spiro atoms. The minimum Gasteiger partial charge on any atom is -0.508 e. The SMILES string of the molecule is CN(CCC#N)C(=O)[C@@H](N)Cc1ccc(O)cc1. The highest BCUT2D eigenvalue weighted by atomic mass is 16.3. The number of likely N-dealkylation sites (N-methyl/N-ethyl adjacent to an activating group) is 1. The molecule has 0 aromatic heterocycles. The van der Waals surface area contributed by atoms with E-state index in [9.17, 15) is 4.79 Å². The van der Waals surface area contributed by atoms with E-state index in [1.165, 1.54) is 4.90 Å². The van der Waals surface area contributed by atoms with Crippen LogP contribution in [0.5, 0.6) is 5.75 Å². The Labute approximate surface area is 106 Å². The smallest absolute Gasteiger partial charge is 0.239 e. The molecule has 1 amide bonds. The number of carbonyl (C=O) groups is 1. The van der Waals surface area contributed by atoms with Crippen molar-refractivity contribution in [3.05, 3.63) is 29.8 Å². The lowest BCUT2D eigenvalue weighted by molar-refractivity contribution is -0.131. The van der Waals surface area contributed by atoms with Crippen LogP contribution >= 0.6 is 0 Å². The minimum atomic E-state index is -0.627. The van der Waals surface area contributed by atoms with Gasteiger partial charge in [0.1, 0.15) is 5.75 Å². The summed E-state index contributed by atoms with van der Waals surface area (Å²) in [5.41, 5.74) is 6.71. The van der Waals surface area contributed by atoms with Crippen LogP contribution in [0.15, 0.2) is 24.3 Å². The Hall–Kier alpha value is -2.06. The van der Waals surface area contributed by atoms with E-state index >= 15 is 0 Å². The third-order valence-corrected chi connectivity index (χ3v) is 2.64. The zero-order valence-electron chi connectivity index (χ0n) is 10.3. The molecule has 0 aliphatic rings. The first-order valence-corrected chi connectivity index (χ1v) is 5.70. The summed E-state index contributed by atoms with van der Waals surface area (Å²) in [6.45, 7) is 0.388. The second kappa shape index (κ2) is 6.62. The van der Waals surface area contributed by atoms with E-state index in [0.29, 0.717) is 19.4 Å². The zero-order valence-corrected chi connectivity index (χ0v) is 10.3. The van der Waals surface area contributed by atoms with Gasteiger partial charge >= 0.3 is 0 Å². The van der Waals surface area contributed by atoms with Crippen molar-refractivity contribution in [3.63, 3.8) is 0 Å². The van der Waals surface area contributed by atoms with Crippen molar-refractivity contribution in [2.24, 2.45) is 5.73 Å². The van der Waals surface area contributed by atoms with E-state index in [2.05, 4.69) is 0 Å². The van der Waals surface area contributed by atoms with Crippen molar-refractivity contribution in [3.8, 4) is 11.8 Å². The van der Waals surface area contributed by atoms with Crippen LogP contribution in [0.25, 0.3) is 0 Å². The second-order valence-electron chi connectivity index (χ2n) is 4.14. The summed E-state index contributed by atoms with van der Waals surface area (Å²) in [5, 5.41) is 17.6. The fourth-order valence-corrected chi connectivity index (χ4v) is 1.58. The number of amides is 1. The van der Waals surface area contributed by atoms with Crippen molar-refractivity contribution in [1.82, 2.24) is 4.90 Å². The molecule has 0 unspecified atom stereocenters. The first kappa shape index (κ1) is 14.0. The van der Waals surface area contributed by atoms with Crippen LogP contribution < -0.4 is 5.73 Å². The third kappa shape index (κ3) is 4.07. The maximum Gasteiger partial charge on any atom is 0.239 e. The van der Waals surface area contributed by atoms with Crippen LogP contribution in [-0.4, -0.2) is 35.5 Å². The average Bonchev–Trinajstić information content (AvgIpc) is 2.37. The molecule has 0 aliphatic heterocycles. The lowest BCUT2D eigenvalue weighted by Gasteiger charge is -2.20. The number of phenols is 1. The molecule has 0 radical (unpaired) electrons. The normalized spacial score (nSPS) is 11.6. The first-order valence-electron chi connectivity index (χ1n) is 5.70. The van der Waals surface area contributed by atoms with Gasteiger partial charge in [0.05, 0.1) is 18.5 Å². The van der Waals surface area contributed by atoms with Crippen LogP contribution in [0.2, 0.25) is 0 Å². The highest BCUT2D eigenvalue weighted by Crippen LogP contribution is 2.11. The van der Waals surface area contributed by atoms with Crippen LogP contribution in [-0.2, 0) is 11.2 Å². The molecule has 5 heteroatoms. The quantitative estimate of drug-likeness (QED) is 0.798. The molecule has 0 heterocycles. The predicted molar refractivity (Wildman–Crippen MR) is 67.7 cm³/mol. The lowest BCUT2D eigenvalue weighted by Crippen LogP contribution is -2.43. The fourth-order valence-electron chi connectivity index (χ4n) is 1.58. The van der Waals surface area contributed by atoms with Crippen molar-refractivity contribution in [1.29, 1.82) is 5.26 Å². The maximum absolute atomic E-state index is 11.9. The molecule has 1 aromatic carbocycles. The molecule has 1 atom stereocenters. The number of phenolic OH excluding ortho intramolecular Hbond substituents is 1. The molecule has 0 fully saturated rings. The Balaban J connectivity index is 2.54. The molecule has 0 saturated carbocycles. The summed E-state index contributed by atoms with van der Waals surface area (Å²) in [4.78, 5) is 13.3. The first-order chi connectivity index (χ1) is 8.54. The molecular formula is C13H17N3O2. The van der Waals surface area contributed by atoms with Gasteiger partial charge in [-0.15, -0.1) is 0 Å². The Bertz CT molecular complexity index is 437. The largest absolute Gasteiger partial charge is 0.508 e. The van der Waals surface area contributed by atoms with E-state index in [4.69, 9.17) is 16.1 Å².